The van der Waals surface area contributed by atoms with Crippen LogP contribution < -0.4 is 10.5 Å². The van der Waals surface area contributed by atoms with Gasteiger partial charge in [0.15, 0.2) is 0 Å². The van der Waals surface area contributed by atoms with Gasteiger partial charge in [0.1, 0.15) is 17.3 Å². The number of nitrogens with zero attached hydrogens (tertiary/aromatic N) is 1. The van der Waals surface area contributed by atoms with E-state index in [1.807, 2.05) is 0 Å². The Morgan fingerprint density at radius 3 is 2.63 bits per heavy atom. The van der Waals surface area contributed by atoms with Crippen LogP contribution >= 0.6 is 0 Å². The number of aryl methyl sites for hydroxylation is 1. The number of pyridine rings is 1. The molecule has 19 heavy (non-hydrogen) atoms. The van der Waals surface area contributed by atoms with Crippen LogP contribution in [0.3, 0.4) is 0 Å². The van der Waals surface area contributed by atoms with Gasteiger partial charge in [0.25, 0.3) is 0 Å². The summed E-state index contributed by atoms with van der Waals surface area (Å²) in [5.74, 6) is 0.725. The maximum Gasteiger partial charge on any atom is 0.416 e. The SMILES string of the molecule is Cc1cnc(N)cc1Oc1cccc(C(F)(F)F)c1. The topological polar surface area (TPSA) is 48.1 Å². The number of anilines is 1. The summed E-state index contributed by atoms with van der Waals surface area (Å²) >= 11 is 0. The first-order chi connectivity index (χ1) is 8.86. The lowest BCUT2D eigenvalue weighted by Gasteiger charge is -2.11. The molecule has 1 heterocycles. The van der Waals surface area contributed by atoms with E-state index >= 15 is 0 Å². The molecule has 0 aliphatic heterocycles. The van der Waals surface area contributed by atoms with E-state index in [0.717, 1.165) is 12.1 Å². The van der Waals surface area contributed by atoms with Gasteiger partial charge >= 0.3 is 6.18 Å². The molecular formula is C13H11F3N2O. The molecule has 2 rings (SSSR count). The van der Waals surface area contributed by atoms with Crippen molar-refractivity contribution in [2.24, 2.45) is 0 Å². The average molecular weight is 268 g/mol. The minimum atomic E-state index is -4.40. The summed E-state index contributed by atoms with van der Waals surface area (Å²) in [6.07, 6.45) is -2.90. The van der Waals surface area contributed by atoms with E-state index in [9.17, 15) is 13.2 Å². The van der Waals surface area contributed by atoms with Crippen LogP contribution in [0.2, 0.25) is 0 Å². The molecule has 1 aromatic heterocycles. The van der Waals surface area contributed by atoms with Crippen molar-refractivity contribution in [1.82, 2.24) is 4.98 Å². The predicted octanol–water partition coefficient (Wildman–Crippen LogP) is 3.78. The molecule has 0 atom stereocenters. The minimum Gasteiger partial charge on any atom is -0.457 e. The van der Waals surface area contributed by atoms with E-state index in [2.05, 4.69) is 4.98 Å². The van der Waals surface area contributed by atoms with E-state index in [4.69, 9.17) is 10.5 Å². The van der Waals surface area contributed by atoms with E-state index in [0.29, 0.717) is 11.3 Å². The van der Waals surface area contributed by atoms with Gasteiger partial charge in [-0.05, 0) is 25.1 Å². The summed E-state index contributed by atoms with van der Waals surface area (Å²) in [6, 6.07) is 6.13. The molecule has 0 spiro atoms. The molecule has 0 aliphatic carbocycles. The summed E-state index contributed by atoms with van der Waals surface area (Å²) in [5.41, 5.74) is 5.44. The number of hydrogen-bond donors (Lipinski definition) is 1. The van der Waals surface area contributed by atoms with Crippen molar-refractivity contribution in [3.63, 3.8) is 0 Å². The molecular weight excluding hydrogens is 257 g/mol. The summed E-state index contributed by atoms with van der Waals surface area (Å²) in [7, 11) is 0. The number of nitrogens with two attached hydrogens (primary N) is 1. The number of aromatic nitrogens is 1. The van der Waals surface area contributed by atoms with Gasteiger partial charge in [0.05, 0.1) is 5.56 Å². The Morgan fingerprint density at radius 2 is 1.95 bits per heavy atom. The van der Waals surface area contributed by atoms with Crippen LogP contribution in [0.25, 0.3) is 0 Å². The molecule has 2 N–H and O–H groups in total. The molecule has 0 radical (unpaired) electrons. The molecule has 0 aliphatic rings. The Balaban J connectivity index is 2.31. The summed E-state index contributed by atoms with van der Waals surface area (Å²) in [5, 5.41) is 0. The Kier molecular flexibility index (Phi) is 3.33. The fourth-order valence-corrected chi connectivity index (χ4v) is 1.49. The number of hydrogen-bond acceptors (Lipinski definition) is 3. The highest BCUT2D eigenvalue weighted by Crippen LogP contribution is 2.33. The van der Waals surface area contributed by atoms with E-state index in [-0.39, 0.29) is 11.6 Å². The first-order valence-corrected chi connectivity index (χ1v) is 5.43. The smallest absolute Gasteiger partial charge is 0.416 e. The van der Waals surface area contributed by atoms with Crippen molar-refractivity contribution in [2.45, 2.75) is 13.1 Å². The van der Waals surface area contributed by atoms with Crippen molar-refractivity contribution in [3.8, 4) is 11.5 Å². The van der Waals surface area contributed by atoms with Gasteiger partial charge in [0.2, 0.25) is 0 Å². The lowest BCUT2D eigenvalue weighted by molar-refractivity contribution is -0.137. The highest BCUT2D eigenvalue weighted by atomic mass is 19.4. The van der Waals surface area contributed by atoms with Gasteiger partial charge in [0, 0.05) is 17.8 Å². The molecule has 100 valence electrons. The van der Waals surface area contributed by atoms with Gasteiger partial charge in [-0.15, -0.1) is 0 Å². The molecule has 0 saturated carbocycles. The zero-order chi connectivity index (χ0) is 14.0. The van der Waals surface area contributed by atoms with Crippen molar-refractivity contribution >= 4 is 5.82 Å². The largest absolute Gasteiger partial charge is 0.457 e. The second-order valence-electron chi connectivity index (χ2n) is 4.00. The number of nitrogen functional groups attached to an aromatic ring is 1. The average Bonchev–Trinajstić information content (AvgIpc) is 2.33. The van der Waals surface area contributed by atoms with Crippen LogP contribution in [-0.4, -0.2) is 4.98 Å². The molecule has 0 amide bonds. The summed E-state index contributed by atoms with van der Waals surface area (Å²) in [4.78, 5) is 3.86. The molecule has 0 bridgehead atoms. The van der Waals surface area contributed by atoms with Gasteiger partial charge in [-0.3, -0.25) is 0 Å². The van der Waals surface area contributed by atoms with Gasteiger partial charge in [-0.2, -0.15) is 13.2 Å². The Morgan fingerprint density at radius 1 is 1.21 bits per heavy atom. The fourth-order valence-electron chi connectivity index (χ4n) is 1.49. The lowest BCUT2D eigenvalue weighted by Crippen LogP contribution is -2.04. The molecule has 0 saturated heterocycles. The Labute approximate surface area is 107 Å². The molecule has 3 nitrogen and oxygen atoms in total. The van der Waals surface area contributed by atoms with Crippen LogP contribution in [-0.2, 0) is 6.18 Å². The van der Waals surface area contributed by atoms with Crippen LogP contribution in [0.4, 0.5) is 19.0 Å². The summed E-state index contributed by atoms with van der Waals surface area (Å²) in [6.45, 7) is 1.73. The number of alkyl halides is 3. The zero-order valence-electron chi connectivity index (χ0n) is 10.0. The van der Waals surface area contributed by atoms with Crippen LogP contribution in [0.5, 0.6) is 11.5 Å². The van der Waals surface area contributed by atoms with Gasteiger partial charge in [-0.25, -0.2) is 4.98 Å². The molecule has 1 aromatic carbocycles. The van der Waals surface area contributed by atoms with E-state index in [1.54, 1.807) is 6.92 Å². The van der Waals surface area contributed by atoms with Gasteiger partial charge in [-0.1, -0.05) is 6.07 Å². The Hall–Kier alpha value is -2.24. The second-order valence-corrected chi connectivity index (χ2v) is 4.00. The predicted molar refractivity (Wildman–Crippen MR) is 64.9 cm³/mol. The highest BCUT2D eigenvalue weighted by molar-refractivity contribution is 5.44. The van der Waals surface area contributed by atoms with E-state index in [1.165, 1.54) is 24.4 Å². The number of ether oxygens (including phenoxy) is 1. The first-order valence-electron chi connectivity index (χ1n) is 5.43. The van der Waals surface area contributed by atoms with Crippen LogP contribution in [0.15, 0.2) is 36.5 Å². The van der Waals surface area contributed by atoms with Crippen LogP contribution in [0.1, 0.15) is 11.1 Å². The Bertz CT molecular complexity index is 597. The minimum absolute atomic E-state index is 0.100. The monoisotopic (exact) mass is 268 g/mol. The maximum atomic E-state index is 12.6. The van der Waals surface area contributed by atoms with Crippen molar-refractivity contribution in [1.29, 1.82) is 0 Å². The second kappa shape index (κ2) is 4.79. The number of benzene rings is 1. The van der Waals surface area contributed by atoms with Crippen molar-refractivity contribution in [2.75, 3.05) is 5.73 Å². The standard InChI is InChI=1S/C13H11F3N2O/c1-8-7-18-12(17)6-11(8)19-10-4-2-3-9(5-10)13(14,15)16/h2-7H,1H3,(H2,17,18). The van der Waals surface area contributed by atoms with Crippen LogP contribution in [0, 0.1) is 6.92 Å². The third kappa shape index (κ3) is 3.15. The third-order valence-corrected chi connectivity index (χ3v) is 2.46. The molecule has 2 aromatic rings. The molecule has 0 fully saturated rings. The van der Waals surface area contributed by atoms with Crippen molar-refractivity contribution < 1.29 is 17.9 Å². The number of halogens is 3. The lowest BCUT2D eigenvalue weighted by atomic mass is 10.2. The summed E-state index contributed by atoms with van der Waals surface area (Å²) < 4.78 is 43.1. The molecule has 0 unspecified atom stereocenters. The molecule has 6 heteroatoms. The first kappa shape index (κ1) is 13.2. The number of rotatable bonds is 2. The maximum absolute atomic E-state index is 12.6. The normalized spacial score (nSPS) is 11.4. The fraction of sp³-hybridized carbons (Fsp3) is 0.154. The third-order valence-electron chi connectivity index (χ3n) is 2.46. The van der Waals surface area contributed by atoms with Crippen molar-refractivity contribution in [3.05, 3.63) is 47.7 Å². The quantitative estimate of drug-likeness (QED) is 0.901. The van der Waals surface area contributed by atoms with Gasteiger partial charge < -0.3 is 10.5 Å². The highest BCUT2D eigenvalue weighted by Gasteiger charge is 2.30. The van der Waals surface area contributed by atoms with E-state index < -0.39 is 11.7 Å². The zero-order valence-corrected chi connectivity index (χ0v) is 10.0.